The summed E-state index contributed by atoms with van der Waals surface area (Å²) in [4.78, 5) is 67.8. The average molecular weight is 789 g/mol. The maximum Gasteiger partial charge on any atom is 0.408 e. The van der Waals surface area contributed by atoms with Gasteiger partial charge in [-0.3, -0.25) is 19.1 Å². The lowest BCUT2D eigenvalue weighted by Gasteiger charge is -2.30. The first kappa shape index (κ1) is 37.1. The van der Waals surface area contributed by atoms with E-state index in [2.05, 4.69) is 15.4 Å². The second-order valence-corrected chi connectivity index (χ2v) is 17.9. The van der Waals surface area contributed by atoms with E-state index >= 15 is 0 Å². The van der Waals surface area contributed by atoms with Gasteiger partial charge in [-0.25, -0.2) is 23.2 Å². The smallest absolute Gasteiger partial charge is 0.408 e. The quantitative estimate of drug-likeness (QED) is 0.274. The van der Waals surface area contributed by atoms with Crippen molar-refractivity contribution in [2.75, 3.05) is 6.54 Å². The highest BCUT2D eigenvalue weighted by atomic mass is 32.2. The third-order valence-corrected chi connectivity index (χ3v) is 13.6. The van der Waals surface area contributed by atoms with Crippen molar-refractivity contribution < 1.29 is 37.1 Å². The number of ether oxygens (including phenoxy) is 2. The number of allylic oxidation sites excluding steroid dienone is 1. The van der Waals surface area contributed by atoms with E-state index in [1.807, 2.05) is 66.1 Å². The monoisotopic (exact) mass is 788 g/mol. The van der Waals surface area contributed by atoms with Gasteiger partial charge in [0.25, 0.3) is 5.91 Å². The molecule has 1 unspecified atom stereocenters. The first-order chi connectivity index (χ1) is 26.6. The molecule has 5 atom stereocenters. The molecule has 290 valence electrons. The summed E-state index contributed by atoms with van der Waals surface area (Å²) < 4.78 is 40.2. The Morgan fingerprint density at radius 2 is 1.73 bits per heavy atom. The summed E-state index contributed by atoms with van der Waals surface area (Å²) in [6.07, 6.45) is 11.6. The zero-order chi connectivity index (χ0) is 38.2. The molecule has 55 heavy (non-hydrogen) atoms. The topological polar surface area (TPSA) is 186 Å². The number of hydrogen-bond acceptors (Lipinski definition) is 11. The van der Waals surface area contributed by atoms with Crippen molar-refractivity contribution in [2.45, 2.75) is 106 Å². The van der Waals surface area contributed by atoms with Gasteiger partial charge in [-0.15, -0.1) is 11.3 Å². The number of alkyl carbamates (subject to hydrolysis) is 1. The zero-order valence-electron chi connectivity index (χ0n) is 30.2. The van der Waals surface area contributed by atoms with Gasteiger partial charge >= 0.3 is 6.09 Å². The van der Waals surface area contributed by atoms with E-state index in [-0.39, 0.29) is 31.4 Å². The molecule has 1 saturated heterocycles. The molecule has 0 bridgehead atoms. The van der Waals surface area contributed by atoms with Gasteiger partial charge in [0, 0.05) is 25.2 Å². The Labute approximate surface area is 323 Å². The fourth-order valence-corrected chi connectivity index (χ4v) is 9.73. The highest BCUT2D eigenvalue weighted by Crippen LogP contribution is 2.46. The Balaban J connectivity index is 1.10. The van der Waals surface area contributed by atoms with E-state index in [9.17, 15) is 27.6 Å². The van der Waals surface area contributed by atoms with Gasteiger partial charge in [0.05, 0.1) is 27.7 Å². The molecule has 8 rings (SSSR count). The lowest BCUT2D eigenvalue weighted by molar-refractivity contribution is -0.141. The summed E-state index contributed by atoms with van der Waals surface area (Å²) in [6.45, 7) is -0.0202. The standard InChI is InChI=1S/C39H44N6O8S2/c46-34-31-21-26(52-35-33(32-17-10-20-54-32)40-28-14-8-9-15-29(28)41-35)23-45(31)36(47)30(42-38(49)53-25-12-6-7-13-25)16-5-3-1-2-4-11-24-22-39(24,43-34)37(48)44-55(50,51)27-18-19-27/h4,6-11,14-15,17,20,24-27,30-31H,1-3,5,12-13,16,18-19,21-23H2,(H,42,49)(H,43,46)(H,44,48)/b11-4-/t24?,26-,30-,31+,39-/m1/s1. The number of amides is 4. The Kier molecular flexibility index (Phi) is 10.4. The van der Waals surface area contributed by atoms with E-state index in [1.165, 1.54) is 16.2 Å². The third kappa shape index (κ3) is 8.11. The van der Waals surface area contributed by atoms with Crippen LogP contribution in [0.25, 0.3) is 21.6 Å². The molecule has 5 aliphatic rings. The van der Waals surface area contributed by atoms with Gasteiger partial charge in [0.2, 0.25) is 27.7 Å². The second kappa shape index (κ2) is 15.4. The number of nitrogens with one attached hydrogen (secondary N) is 3. The van der Waals surface area contributed by atoms with Crippen LogP contribution >= 0.6 is 11.3 Å². The molecule has 3 fully saturated rings. The van der Waals surface area contributed by atoms with Crippen molar-refractivity contribution in [1.82, 2.24) is 30.2 Å². The fourth-order valence-electron chi connectivity index (χ4n) is 7.66. The second-order valence-electron chi connectivity index (χ2n) is 15.0. The van der Waals surface area contributed by atoms with Crippen LogP contribution in [-0.4, -0.2) is 88.7 Å². The number of thiophene rings is 1. The lowest BCUT2D eigenvalue weighted by atomic mass is 10.0. The summed E-state index contributed by atoms with van der Waals surface area (Å²) in [5.41, 5.74) is 0.316. The summed E-state index contributed by atoms with van der Waals surface area (Å²) in [5.74, 6) is -2.06. The number of sulfonamides is 1. The summed E-state index contributed by atoms with van der Waals surface area (Å²) in [7, 11) is -3.89. The van der Waals surface area contributed by atoms with E-state index in [1.54, 1.807) is 0 Å². The molecule has 1 aromatic carbocycles. The predicted molar refractivity (Wildman–Crippen MR) is 204 cm³/mol. The highest BCUT2D eigenvalue weighted by molar-refractivity contribution is 7.91. The van der Waals surface area contributed by atoms with Crippen LogP contribution in [0.15, 0.2) is 66.1 Å². The van der Waals surface area contributed by atoms with E-state index in [0.717, 1.165) is 17.7 Å². The SMILES string of the molecule is O=C(N[C@@H]1CCCCC/C=C\C2C[C@@]2(C(=O)NS(=O)(=O)C2CC2)NC(=O)[C@@H]2C[C@@H](Oc3nc4ccccc4nc3-c3cccs3)CN2C1=O)OC1CC=CC1. The number of rotatable bonds is 8. The molecular formula is C39H44N6O8S2. The van der Waals surface area contributed by atoms with Gasteiger partial charge in [0.15, 0.2) is 0 Å². The molecule has 3 aromatic rings. The lowest BCUT2D eigenvalue weighted by Crippen LogP contribution is -2.58. The number of hydrogen-bond donors (Lipinski definition) is 3. The molecule has 0 radical (unpaired) electrons. The molecule has 3 aliphatic carbocycles. The van der Waals surface area contributed by atoms with Crippen LogP contribution in [0.3, 0.4) is 0 Å². The molecule has 4 amide bonds. The maximum absolute atomic E-state index is 14.6. The minimum Gasteiger partial charge on any atom is -0.471 e. The van der Waals surface area contributed by atoms with Crippen LogP contribution < -0.4 is 20.1 Å². The predicted octanol–water partition coefficient (Wildman–Crippen LogP) is 4.52. The van der Waals surface area contributed by atoms with Gasteiger partial charge in [-0.1, -0.05) is 55.3 Å². The number of carbonyl (C=O) groups excluding carboxylic acids is 4. The minimum absolute atomic E-state index is 0.0202. The number of para-hydroxylation sites is 2. The first-order valence-corrected chi connectivity index (χ1v) is 21.5. The molecule has 16 heteroatoms. The Bertz CT molecular complexity index is 2130. The first-order valence-electron chi connectivity index (χ1n) is 19.0. The molecule has 4 heterocycles. The van der Waals surface area contributed by atoms with Crippen molar-refractivity contribution in [2.24, 2.45) is 5.92 Å². The van der Waals surface area contributed by atoms with Crippen molar-refractivity contribution in [1.29, 1.82) is 0 Å². The van der Waals surface area contributed by atoms with Crippen LogP contribution in [0.1, 0.15) is 70.6 Å². The largest absolute Gasteiger partial charge is 0.471 e. The molecular weight excluding hydrogens is 745 g/mol. The Morgan fingerprint density at radius 3 is 2.47 bits per heavy atom. The van der Waals surface area contributed by atoms with Crippen molar-refractivity contribution in [3.8, 4) is 16.5 Å². The third-order valence-electron chi connectivity index (χ3n) is 10.9. The number of benzene rings is 1. The highest BCUT2D eigenvalue weighted by Gasteiger charge is 2.62. The van der Waals surface area contributed by atoms with Crippen LogP contribution in [-0.2, 0) is 29.1 Å². The van der Waals surface area contributed by atoms with Crippen LogP contribution in [0.5, 0.6) is 5.88 Å². The molecule has 14 nitrogen and oxygen atoms in total. The van der Waals surface area contributed by atoms with Crippen LogP contribution in [0.2, 0.25) is 0 Å². The Hall–Kier alpha value is -4.83. The van der Waals surface area contributed by atoms with Gasteiger partial charge in [-0.2, -0.15) is 0 Å². The Morgan fingerprint density at radius 1 is 0.945 bits per heavy atom. The van der Waals surface area contributed by atoms with Crippen LogP contribution in [0, 0.1) is 5.92 Å². The van der Waals surface area contributed by atoms with Gasteiger partial charge in [-0.05, 0) is 62.1 Å². The summed E-state index contributed by atoms with van der Waals surface area (Å²) in [6, 6.07) is 9.13. The average Bonchev–Trinajstić information content (AvgIpc) is 3.90. The molecule has 3 N–H and O–H groups in total. The van der Waals surface area contributed by atoms with Crippen molar-refractivity contribution in [3.63, 3.8) is 0 Å². The maximum atomic E-state index is 14.6. The fraction of sp³-hybridized carbons (Fsp3) is 0.487. The van der Waals surface area contributed by atoms with E-state index < -0.39 is 68.7 Å². The number of carbonyl (C=O) groups is 4. The van der Waals surface area contributed by atoms with E-state index in [4.69, 9.17) is 19.4 Å². The summed E-state index contributed by atoms with van der Waals surface area (Å²) >= 11 is 1.48. The zero-order valence-corrected chi connectivity index (χ0v) is 31.9. The normalized spacial score (nSPS) is 28.0. The van der Waals surface area contributed by atoms with Crippen LogP contribution in [0.4, 0.5) is 4.79 Å². The summed E-state index contributed by atoms with van der Waals surface area (Å²) in [5, 5.41) is 6.99. The van der Waals surface area contributed by atoms with E-state index in [0.29, 0.717) is 61.7 Å². The van der Waals surface area contributed by atoms with Gasteiger partial charge in [0.1, 0.15) is 35.5 Å². The number of nitrogens with zero attached hydrogens (tertiary/aromatic N) is 3. The number of aromatic nitrogens is 2. The number of fused-ring (bicyclic) bond motifs is 3. The molecule has 2 aliphatic heterocycles. The molecule has 2 saturated carbocycles. The van der Waals surface area contributed by atoms with Crippen molar-refractivity contribution in [3.05, 3.63) is 66.1 Å². The van der Waals surface area contributed by atoms with Crippen molar-refractivity contribution >= 4 is 56.2 Å². The minimum atomic E-state index is -3.89. The molecule has 2 aromatic heterocycles. The van der Waals surface area contributed by atoms with Gasteiger partial charge < -0.3 is 25.0 Å². The molecule has 0 spiro atoms.